The van der Waals surface area contributed by atoms with Crippen molar-refractivity contribution >= 4 is 17.7 Å². The standard InChI is InChI=1S/C19H21FN2OS/c1-24-18-4-2-3-15(9-18)11-21-17-10-19(23)22(13-17)12-14-5-7-16(20)8-6-14/h2-9,17,21H,10-13H2,1H3. The zero-order valence-electron chi connectivity index (χ0n) is 13.7. The molecule has 1 amide bonds. The predicted octanol–water partition coefficient (Wildman–Crippen LogP) is 3.44. The number of benzene rings is 2. The summed E-state index contributed by atoms with van der Waals surface area (Å²) in [4.78, 5) is 15.3. The van der Waals surface area contributed by atoms with Crippen molar-refractivity contribution in [1.29, 1.82) is 0 Å². The minimum Gasteiger partial charge on any atom is -0.337 e. The van der Waals surface area contributed by atoms with E-state index in [9.17, 15) is 9.18 Å². The molecule has 3 nitrogen and oxygen atoms in total. The van der Waals surface area contributed by atoms with E-state index >= 15 is 0 Å². The summed E-state index contributed by atoms with van der Waals surface area (Å²) in [6.07, 6.45) is 2.58. The number of carbonyl (C=O) groups is 1. The van der Waals surface area contributed by atoms with Gasteiger partial charge in [-0.3, -0.25) is 4.79 Å². The van der Waals surface area contributed by atoms with Crippen LogP contribution in [0, 0.1) is 5.82 Å². The third-order valence-corrected chi connectivity index (χ3v) is 4.96. The maximum Gasteiger partial charge on any atom is 0.224 e. The molecule has 2 aromatic rings. The Kier molecular flexibility index (Phi) is 5.53. The van der Waals surface area contributed by atoms with Crippen LogP contribution < -0.4 is 5.32 Å². The summed E-state index contributed by atoms with van der Waals surface area (Å²) in [6.45, 7) is 1.99. The van der Waals surface area contributed by atoms with Gasteiger partial charge >= 0.3 is 0 Å². The monoisotopic (exact) mass is 344 g/mol. The minimum atomic E-state index is -0.251. The van der Waals surface area contributed by atoms with E-state index in [1.54, 1.807) is 23.9 Å². The quantitative estimate of drug-likeness (QED) is 0.815. The molecule has 1 atom stereocenters. The molecule has 1 aliphatic heterocycles. The number of hydrogen-bond donors (Lipinski definition) is 1. The Morgan fingerprint density at radius 3 is 2.75 bits per heavy atom. The predicted molar refractivity (Wildman–Crippen MR) is 95.3 cm³/mol. The summed E-state index contributed by atoms with van der Waals surface area (Å²) in [5.41, 5.74) is 2.18. The molecule has 0 aromatic heterocycles. The highest BCUT2D eigenvalue weighted by Gasteiger charge is 2.29. The molecule has 1 fully saturated rings. The molecule has 1 saturated heterocycles. The SMILES string of the molecule is CSc1cccc(CNC2CC(=O)N(Cc3ccc(F)cc3)C2)c1. The third kappa shape index (κ3) is 4.36. The lowest BCUT2D eigenvalue weighted by atomic mass is 10.2. The van der Waals surface area contributed by atoms with Gasteiger partial charge in [0.15, 0.2) is 0 Å². The molecule has 1 aliphatic rings. The minimum absolute atomic E-state index is 0.148. The van der Waals surface area contributed by atoms with E-state index in [1.807, 2.05) is 4.90 Å². The Labute approximate surface area is 146 Å². The lowest BCUT2D eigenvalue weighted by Gasteiger charge is -2.17. The van der Waals surface area contributed by atoms with Crippen molar-refractivity contribution in [3.8, 4) is 0 Å². The molecular weight excluding hydrogens is 323 g/mol. The van der Waals surface area contributed by atoms with Crippen LogP contribution in [0.3, 0.4) is 0 Å². The van der Waals surface area contributed by atoms with E-state index in [-0.39, 0.29) is 17.8 Å². The maximum absolute atomic E-state index is 13.0. The molecule has 0 aliphatic carbocycles. The van der Waals surface area contributed by atoms with Crippen molar-refractivity contribution in [3.05, 3.63) is 65.5 Å². The van der Waals surface area contributed by atoms with E-state index in [2.05, 4.69) is 35.8 Å². The second kappa shape index (κ2) is 7.81. The highest BCUT2D eigenvalue weighted by atomic mass is 32.2. The largest absolute Gasteiger partial charge is 0.337 e. The summed E-state index contributed by atoms with van der Waals surface area (Å²) in [5.74, 6) is -0.104. The molecule has 1 heterocycles. The summed E-state index contributed by atoms with van der Waals surface area (Å²) >= 11 is 1.73. The van der Waals surface area contributed by atoms with E-state index in [0.717, 1.165) is 12.1 Å². The lowest BCUT2D eigenvalue weighted by Crippen LogP contribution is -2.32. The molecule has 0 spiro atoms. The number of nitrogens with one attached hydrogen (secondary N) is 1. The Bertz CT molecular complexity index is 705. The van der Waals surface area contributed by atoms with Gasteiger partial charge in [0, 0.05) is 37.0 Å². The van der Waals surface area contributed by atoms with Crippen molar-refractivity contribution in [3.63, 3.8) is 0 Å². The second-order valence-corrected chi connectivity index (χ2v) is 6.91. The van der Waals surface area contributed by atoms with Crippen molar-refractivity contribution in [1.82, 2.24) is 10.2 Å². The molecule has 1 unspecified atom stereocenters. The van der Waals surface area contributed by atoms with E-state index < -0.39 is 0 Å². The zero-order chi connectivity index (χ0) is 16.9. The highest BCUT2D eigenvalue weighted by Crippen LogP contribution is 2.18. The van der Waals surface area contributed by atoms with Crippen LogP contribution >= 0.6 is 11.8 Å². The smallest absolute Gasteiger partial charge is 0.224 e. The number of halogens is 1. The number of carbonyl (C=O) groups excluding carboxylic acids is 1. The number of likely N-dealkylation sites (tertiary alicyclic amines) is 1. The number of nitrogens with zero attached hydrogens (tertiary/aromatic N) is 1. The van der Waals surface area contributed by atoms with Gasteiger partial charge in [-0.25, -0.2) is 4.39 Å². The van der Waals surface area contributed by atoms with Crippen LogP contribution in [0.1, 0.15) is 17.5 Å². The van der Waals surface area contributed by atoms with Gasteiger partial charge in [0.1, 0.15) is 5.82 Å². The van der Waals surface area contributed by atoms with E-state index in [1.165, 1.54) is 22.6 Å². The van der Waals surface area contributed by atoms with Gasteiger partial charge in [0.25, 0.3) is 0 Å². The van der Waals surface area contributed by atoms with Crippen LogP contribution in [0.2, 0.25) is 0 Å². The van der Waals surface area contributed by atoms with Crippen molar-refractivity contribution in [2.45, 2.75) is 30.4 Å². The average Bonchev–Trinajstić information content (AvgIpc) is 2.95. The summed E-state index contributed by atoms with van der Waals surface area (Å²) < 4.78 is 13.0. The first-order valence-corrected chi connectivity index (χ1v) is 9.25. The fourth-order valence-corrected chi connectivity index (χ4v) is 3.40. The first-order chi connectivity index (χ1) is 11.6. The van der Waals surface area contributed by atoms with Crippen LogP contribution in [0.25, 0.3) is 0 Å². The molecule has 2 aromatic carbocycles. The Balaban J connectivity index is 1.53. The van der Waals surface area contributed by atoms with E-state index in [4.69, 9.17) is 0 Å². The summed E-state index contributed by atoms with van der Waals surface area (Å²) in [6, 6.07) is 14.9. The van der Waals surface area contributed by atoms with Gasteiger partial charge in [-0.2, -0.15) is 0 Å². The van der Waals surface area contributed by atoms with Crippen LogP contribution in [0.15, 0.2) is 53.4 Å². The first-order valence-electron chi connectivity index (χ1n) is 8.02. The molecule has 126 valence electrons. The van der Waals surface area contributed by atoms with Gasteiger partial charge in [-0.15, -0.1) is 11.8 Å². The van der Waals surface area contributed by atoms with Crippen molar-refractivity contribution in [2.75, 3.05) is 12.8 Å². The van der Waals surface area contributed by atoms with Gasteiger partial charge < -0.3 is 10.2 Å². The number of thioether (sulfide) groups is 1. The van der Waals surface area contributed by atoms with Crippen LogP contribution in [-0.4, -0.2) is 29.6 Å². The van der Waals surface area contributed by atoms with Gasteiger partial charge in [-0.05, 0) is 41.6 Å². The normalized spacial score (nSPS) is 17.5. The van der Waals surface area contributed by atoms with Crippen LogP contribution in [-0.2, 0) is 17.9 Å². The highest BCUT2D eigenvalue weighted by molar-refractivity contribution is 7.98. The number of amides is 1. The molecule has 0 bridgehead atoms. The number of hydrogen-bond acceptors (Lipinski definition) is 3. The maximum atomic E-state index is 13.0. The Morgan fingerprint density at radius 1 is 1.21 bits per heavy atom. The number of rotatable bonds is 6. The fraction of sp³-hybridized carbons (Fsp3) is 0.316. The first kappa shape index (κ1) is 17.0. The zero-order valence-corrected chi connectivity index (χ0v) is 14.5. The Hall–Kier alpha value is -1.85. The molecule has 1 N–H and O–H groups in total. The lowest BCUT2D eigenvalue weighted by molar-refractivity contribution is -0.128. The van der Waals surface area contributed by atoms with Crippen LogP contribution in [0.5, 0.6) is 0 Å². The average molecular weight is 344 g/mol. The van der Waals surface area contributed by atoms with Crippen LogP contribution in [0.4, 0.5) is 4.39 Å². The van der Waals surface area contributed by atoms with Crippen molar-refractivity contribution in [2.24, 2.45) is 0 Å². The summed E-state index contributed by atoms with van der Waals surface area (Å²) in [5, 5.41) is 3.47. The van der Waals surface area contributed by atoms with Gasteiger partial charge in [-0.1, -0.05) is 24.3 Å². The van der Waals surface area contributed by atoms with Gasteiger partial charge in [0.05, 0.1) is 0 Å². The summed E-state index contributed by atoms with van der Waals surface area (Å²) in [7, 11) is 0. The fourth-order valence-electron chi connectivity index (χ4n) is 2.92. The molecule has 3 rings (SSSR count). The molecule has 0 saturated carbocycles. The third-order valence-electron chi connectivity index (χ3n) is 4.23. The molecule has 5 heteroatoms. The van der Waals surface area contributed by atoms with Crippen molar-refractivity contribution < 1.29 is 9.18 Å². The van der Waals surface area contributed by atoms with Gasteiger partial charge in [0.2, 0.25) is 5.91 Å². The second-order valence-electron chi connectivity index (χ2n) is 6.03. The topological polar surface area (TPSA) is 32.3 Å². The Morgan fingerprint density at radius 2 is 2.00 bits per heavy atom. The molecule has 24 heavy (non-hydrogen) atoms. The molecular formula is C19H21FN2OS. The molecule has 0 radical (unpaired) electrons. The van der Waals surface area contributed by atoms with E-state index in [0.29, 0.717) is 19.5 Å².